The molecule has 3 nitrogen and oxygen atoms in total. The lowest BCUT2D eigenvalue weighted by atomic mass is 9.87. The Hall–Kier alpha value is 0.0969. The Kier molecular flexibility index (Phi) is 18.2. The van der Waals surface area contributed by atoms with E-state index < -0.39 is 8.80 Å². The fraction of sp³-hybridized carbons (Fsp3) is 1.00. The van der Waals surface area contributed by atoms with Crippen LogP contribution in [0.25, 0.3) is 0 Å². The van der Waals surface area contributed by atoms with Crippen LogP contribution in [0.3, 0.4) is 0 Å². The zero-order chi connectivity index (χ0) is 20.4. The summed E-state index contributed by atoms with van der Waals surface area (Å²) in [5.74, 6) is 1.29. The first kappa shape index (κ1) is 27.1. The molecule has 0 aliphatic rings. The zero-order valence-electron chi connectivity index (χ0n) is 18.7. The number of rotatable bonds is 20. The standard InChI is InChI=1S/C23H50O3Si/c1-4-5-6-7-8-9-10-11-12-13-14-15-16-17-19-22(2)23(3)20-18-21-27(24,25)26/h22-26H,4-21H2,1-3H3. The molecule has 2 unspecified atom stereocenters. The third-order valence-corrected chi connectivity index (χ3v) is 7.18. The van der Waals surface area contributed by atoms with Crippen LogP contribution >= 0.6 is 0 Å². The van der Waals surface area contributed by atoms with Crippen LogP contribution in [-0.4, -0.2) is 23.2 Å². The van der Waals surface area contributed by atoms with E-state index in [0.717, 1.165) is 12.8 Å². The van der Waals surface area contributed by atoms with E-state index in [1.165, 1.54) is 96.3 Å². The van der Waals surface area contributed by atoms with Crippen molar-refractivity contribution in [3.05, 3.63) is 0 Å². The predicted molar refractivity (Wildman–Crippen MR) is 120 cm³/mol. The molecule has 0 aromatic rings. The Bertz CT molecular complexity index is 304. The van der Waals surface area contributed by atoms with Crippen molar-refractivity contribution in [3.8, 4) is 0 Å². The molecule has 0 spiro atoms. The third kappa shape index (κ3) is 20.6. The Morgan fingerprint density at radius 2 is 0.852 bits per heavy atom. The van der Waals surface area contributed by atoms with Gasteiger partial charge in [0.1, 0.15) is 0 Å². The molecule has 0 heterocycles. The van der Waals surface area contributed by atoms with Crippen molar-refractivity contribution in [1.29, 1.82) is 0 Å². The van der Waals surface area contributed by atoms with Crippen LogP contribution in [0.5, 0.6) is 0 Å². The molecule has 27 heavy (non-hydrogen) atoms. The maximum atomic E-state index is 9.06. The monoisotopic (exact) mass is 402 g/mol. The topological polar surface area (TPSA) is 60.7 Å². The number of hydrogen-bond acceptors (Lipinski definition) is 3. The molecule has 0 aromatic heterocycles. The fourth-order valence-corrected chi connectivity index (χ4v) is 4.57. The van der Waals surface area contributed by atoms with Crippen LogP contribution in [-0.2, 0) is 0 Å². The molecule has 0 saturated heterocycles. The lowest BCUT2D eigenvalue weighted by Gasteiger charge is -2.20. The van der Waals surface area contributed by atoms with Crippen molar-refractivity contribution in [3.63, 3.8) is 0 Å². The van der Waals surface area contributed by atoms with E-state index in [0.29, 0.717) is 11.8 Å². The maximum Gasteiger partial charge on any atom is 0.492 e. The van der Waals surface area contributed by atoms with Gasteiger partial charge < -0.3 is 14.4 Å². The van der Waals surface area contributed by atoms with Gasteiger partial charge in [0, 0.05) is 6.04 Å². The summed E-state index contributed by atoms with van der Waals surface area (Å²) in [7, 11) is -3.82. The Balaban J connectivity index is 3.31. The van der Waals surface area contributed by atoms with Crippen LogP contribution in [0.2, 0.25) is 6.04 Å². The summed E-state index contributed by atoms with van der Waals surface area (Å²) < 4.78 is 0. The minimum atomic E-state index is -3.82. The summed E-state index contributed by atoms with van der Waals surface area (Å²) >= 11 is 0. The first-order chi connectivity index (χ1) is 12.9. The van der Waals surface area contributed by atoms with Gasteiger partial charge in [-0.1, -0.05) is 124 Å². The summed E-state index contributed by atoms with van der Waals surface area (Å²) in [5, 5.41) is 0. The molecule has 4 heteroatoms. The van der Waals surface area contributed by atoms with Gasteiger partial charge in [0.15, 0.2) is 0 Å². The normalized spacial score (nSPS) is 14.4. The van der Waals surface area contributed by atoms with Gasteiger partial charge in [-0.15, -0.1) is 0 Å². The summed E-state index contributed by atoms with van der Waals surface area (Å²) in [6.45, 7) is 6.85. The zero-order valence-corrected chi connectivity index (χ0v) is 19.7. The third-order valence-electron chi connectivity index (χ3n) is 6.16. The molecule has 0 radical (unpaired) electrons. The van der Waals surface area contributed by atoms with Crippen molar-refractivity contribution < 1.29 is 14.4 Å². The van der Waals surface area contributed by atoms with Gasteiger partial charge in [-0.3, -0.25) is 0 Å². The molecular formula is C23H50O3Si. The highest BCUT2D eigenvalue weighted by Crippen LogP contribution is 2.24. The molecule has 0 aliphatic carbocycles. The Labute approximate surface area is 171 Å². The first-order valence-corrected chi connectivity index (χ1v) is 14.1. The molecular weight excluding hydrogens is 352 g/mol. The van der Waals surface area contributed by atoms with E-state index in [1.807, 2.05) is 0 Å². The second-order valence-electron chi connectivity index (χ2n) is 9.01. The van der Waals surface area contributed by atoms with Crippen molar-refractivity contribution in [1.82, 2.24) is 0 Å². The number of unbranched alkanes of at least 4 members (excludes halogenated alkanes) is 13. The second-order valence-corrected chi connectivity index (χ2v) is 11.1. The van der Waals surface area contributed by atoms with Gasteiger partial charge in [0.2, 0.25) is 0 Å². The highest BCUT2D eigenvalue weighted by Gasteiger charge is 2.26. The minimum Gasteiger partial charge on any atom is -0.390 e. The quantitative estimate of drug-likeness (QED) is 0.154. The second kappa shape index (κ2) is 18.1. The van der Waals surface area contributed by atoms with E-state index in [-0.39, 0.29) is 6.04 Å². The molecule has 0 rings (SSSR count). The fourth-order valence-electron chi connectivity index (χ4n) is 3.89. The van der Waals surface area contributed by atoms with Gasteiger partial charge in [-0.05, 0) is 18.3 Å². The summed E-state index contributed by atoms with van der Waals surface area (Å²) in [6, 6.07) is 0.183. The lowest BCUT2D eigenvalue weighted by Crippen LogP contribution is -2.34. The van der Waals surface area contributed by atoms with Crippen LogP contribution in [0.1, 0.15) is 130 Å². The molecule has 164 valence electrons. The van der Waals surface area contributed by atoms with Crippen LogP contribution in [0, 0.1) is 11.8 Å². The molecule has 2 atom stereocenters. The highest BCUT2D eigenvalue weighted by atomic mass is 28.4. The van der Waals surface area contributed by atoms with E-state index in [9.17, 15) is 0 Å². The van der Waals surface area contributed by atoms with Crippen molar-refractivity contribution >= 4 is 8.80 Å². The minimum absolute atomic E-state index is 0.183. The predicted octanol–water partition coefficient (Wildman–Crippen LogP) is 6.83. The van der Waals surface area contributed by atoms with Crippen LogP contribution in [0.15, 0.2) is 0 Å². The van der Waals surface area contributed by atoms with Crippen LogP contribution < -0.4 is 0 Å². The van der Waals surface area contributed by atoms with Crippen molar-refractivity contribution in [2.24, 2.45) is 11.8 Å². The van der Waals surface area contributed by atoms with E-state index in [2.05, 4.69) is 20.8 Å². The van der Waals surface area contributed by atoms with E-state index in [1.54, 1.807) is 0 Å². The average molecular weight is 403 g/mol. The average Bonchev–Trinajstić information content (AvgIpc) is 2.60. The number of hydrogen-bond donors (Lipinski definition) is 3. The molecule has 0 fully saturated rings. The summed E-state index contributed by atoms with van der Waals surface area (Å²) in [6.07, 6.45) is 22.7. The van der Waals surface area contributed by atoms with Gasteiger partial charge >= 0.3 is 8.80 Å². The first-order valence-electron chi connectivity index (χ1n) is 12.0. The van der Waals surface area contributed by atoms with Crippen molar-refractivity contribution in [2.75, 3.05) is 0 Å². The molecule has 0 amide bonds. The summed E-state index contributed by atoms with van der Waals surface area (Å²) in [4.78, 5) is 27.2. The molecule has 3 N–H and O–H groups in total. The molecule has 0 aromatic carbocycles. The Morgan fingerprint density at radius 3 is 1.22 bits per heavy atom. The van der Waals surface area contributed by atoms with Gasteiger partial charge in [-0.2, -0.15) is 0 Å². The highest BCUT2D eigenvalue weighted by molar-refractivity contribution is 6.56. The van der Waals surface area contributed by atoms with Gasteiger partial charge in [0.25, 0.3) is 0 Å². The largest absolute Gasteiger partial charge is 0.492 e. The van der Waals surface area contributed by atoms with E-state index in [4.69, 9.17) is 14.4 Å². The van der Waals surface area contributed by atoms with E-state index >= 15 is 0 Å². The van der Waals surface area contributed by atoms with Gasteiger partial charge in [-0.25, -0.2) is 0 Å². The Morgan fingerprint density at radius 1 is 0.519 bits per heavy atom. The maximum absolute atomic E-state index is 9.06. The lowest BCUT2D eigenvalue weighted by molar-refractivity contribution is 0.223. The van der Waals surface area contributed by atoms with Crippen LogP contribution in [0.4, 0.5) is 0 Å². The van der Waals surface area contributed by atoms with Gasteiger partial charge in [0.05, 0.1) is 0 Å². The summed E-state index contributed by atoms with van der Waals surface area (Å²) in [5.41, 5.74) is 0. The smallest absolute Gasteiger partial charge is 0.390 e. The molecule has 0 bridgehead atoms. The molecule has 0 aliphatic heterocycles. The van der Waals surface area contributed by atoms with Crippen molar-refractivity contribution in [2.45, 2.75) is 136 Å². The SMILES string of the molecule is CCCCCCCCCCCCCCCCC(C)C(C)CCC[Si](O)(O)O. The molecule has 0 saturated carbocycles.